The van der Waals surface area contributed by atoms with E-state index in [9.17, 15) is 14.9 Å². The number of carbonyl (C=O) groups is 1. The molecular formula is C15H14BrNO4. The fourth-order valence-electron chi connectivity index (χ4n) is 1.80. The Morgan fingerprint density at radius 3 is 2.52 bits per heavy atom. The van der Waals surface area contributed by atoms with Gasteiger partial charge in [0, 0.05) is 10.5 Å². The number of rotatable bonds is 2. The van der Waals surface area contributed by atoms with Crippen molar-refractivity contribution in [2.75, 3.05) is 0 Å². The SMILES string of the molecule is CC(C)(C)C(=O)Oc1cc(Br)c2c([N+](=O)[O-])cccc2c1. The van der Waals surface area contributed by atoms with Crippen LogP contribution in [0, 0.1) is 15.5 Å². The first-order valence-electron chi connectivity index (χ1n) is 6.29. The number of hydrogen-bond donors (Lipinski definition) is 0. The van der Waals surface area contributed by atoms with Crippen LogP contribution in [0.5, 0.6) is 5.75 Å². The molecule has 0 amide bonds. The first-order valence-corrected chi connectivity index (χ1v) is 7.08. The van der Waals surface area contributed by atoms with Crippen LogP contribution in [0.3, 0.4) is 0 Å². The first kappa shape index (κ1) is 15.4. The molecule has 5 nitrogen and oxygen atoms in total. The highest BCUT2D eigenvalue weighted by Crippen LogP contribution is 2.36. The summed E-state index contributed by atoms with van der Waals surface area (Å²) in [5, 5.41) is 12.2. The molecule has 0 spiro atoms. The van der Waals surface area contributed by atoms with E-state index in [1.165, 1.54) is 6.07 Å². The maximum atomic E-state index is 11.9. The van der Waals surface area contributed by atoms with Crippen LogP contribution in [0.25, 0.3) is 10.8 Å². The standard InChI is InChI=1S/C15H14BrNO4/c1-15(2,3)14(18)21-10-7-9-5-4-6-12(17(19)20)13(9)11(16)8-10/h4-8H,1-3H3. The summed E-state index contributed by atoms with van der Waals surface area (Å²) in [5.74, 6) is -0.00558. The number of carbonyl (C=O) groups excluding carboxylic acids is 1. The van der Waals surface area contributed by atoms with Crippen molar-refractivity contribution in [3.05, 3.63) is 44.9 Å². The molecule has 2 aromatic rings. The van der Waals surface area contributed by atoms with Gasteiger partial charge in [0.1, 0.15) is 5.75 Å². The van der Waals surface area contributed by atoms with E-state index in [0.29, 0.717) is 21.0 Å². The van der Waals surface area contributed by atoms with Gasteiger partial charge in [-0.25, -0.2) is 0 Å². The normalized spacial score (nSPS) is 11.4. The Kier molecular flexibility index (Phi) is 4.00. The van der Waals surface area contributed by atoms with Crippen molar-refractivity contribution in [2.24, 2.45) is 5.41 Å². The Labute approximate surface area is 130 Å². The number of hydrogen-bond acceptors (Lipinski definition) is 4. The summed E-state index contributed by atoms with van der Waals surface area (Å²) >= 11 is 3.31. The van der Waals surface area contributed by atoms with Gasteiger partial charge in [0.05, 0.1) is 15.7 Å². The van der Waals surface area contributed by atoms with Gasteiger partial charge in [0.25, 0.3) is 5.69 Å². The van der Waals surface area contributed by atoms with Crippen molar-refractivity contribution in [3.63, 3.8) is 0 Å². The molecule has 0 fully saturated rings. The van der Waals surface area contributed by atoms with Crippen molar-refractivity contribution in [2.45, 2.75) is 20.8 Å². The lowest BCUT2D eigenvalue weighted by Crippen LogP contribution is -2.25. The Morgan fingerprint density at radius 2 is 1.95 bits per heavy atom. The summed E-state index contributed by atoms with van der Waals surface area (Å²) in [6.45, 7) is 5.28. The lowest BCUT2D eigenvalue weighted by molar-refractivity contribution is -0.383. The molecule has 2 rings (SSSR count). The zero-order valence-corrected chi connectivity index (χ0v) is 13.4. The minimum Gasteiger partial charge on any atom is -0.426 e. The van der Waals surface area contributed by atoms with Crippen molar-refractivity contribution in [3.8, 4) is 5.75 Å². The van der Waals surface area contributed by atoms with Gasteiger partial charge in [-0.2, -0.15) is 0 Å². The predicted molar refractivity (Wildman–Crippen MR) is 83.4 cm³/mol. The number of halogens is 1. The smallest absolute Gasteiger partial charge is 0.316 e. The van der Waals surface area contributed by atoms with Crippen LogP contribution in [-0.2, 0) is 4.79 Å². The topological polar surface area (TPSA) is 69.4 Å². The van der Waals surface area contributed by atoms with E-state index in [1.807, 2.05) is 0 Å². The number of nitrogens with zero attached hydrogens (tertiary/aromatic N) is 1. The van der Waals surface area contributed by atoms with Crippen LogP contribution < -0.4 is 4.74 Å². The molecule has 2 aromatic carbocycles. The van der Waals surface area contributed by atoms with E-state index >= 15 is 0 Å². The fraction of sp³-hybridized carbons (Fsp3) is 0.267. The molecule has 0 atom stereocenters. The van der Waals surface area contributed by atoms with Crippen molar-refractivity contribution in [1.82, 2.24) is 0 Å². The zero-order chi connectivity index (χ0) is 15.8. The fourth-order valence-corrected chi connectivity index (χ4v) is 2.46. The number of nitro groups is 1. The maximum Gasteiger partial charge on any atom is 0.316 e. The van der Waals surface area contributed by atoms with Gasteiger partial charge in [-0.05, 0) is 54.2 Å². The number of ether oxygens (including phenoxy) is 1. The summed E-state index contributed by atoms with van der Waals surface area (Å²) in [5.41, 5.74) is -0.613. The van der Waals surface area contributed by atoms with E-state index in [1.54, 1.807) is 45.0 Å². The number of benzene rings is 2. The van der Waals surface area contributed by atoms with Crippen molar-refractivity contribution >= 4 is 38.4 Å². The quantitative estimate of drug-likeness (QED) is 0.346. The Hall–Kier alpha value is -1.95. The van der Waals surface area contributed by atoms with E-state index in [2.05, 4.69) is 15.9 Å². The molecule has 110 valence electrons. The van der Waals surface area contributed by atoms with E-state index in [-0.39, 0.29) is 11.7 Å². The van der Waals surface area contributed by atoms with Crippen molar-refractivity contribution in [1.29, 1.82) is 0 Å². The van der Waals surface area contributed by atoms with Gasteiger partial charge >= 0.3 is 5.97 Å². The largest absolute Gasteiger partial charge is 0.426 e. The third-order valence-corrected chi connectivity index (χ3v) is 3.53. The predicted octanol–water partition coefficient (Wildman–Crippen LogP) is 4.46. The number of non-ortho nitro benzene ring substituents is 1. The lowest BCUT2D eigenvalue weighted by Gasteiger charge is -2.16. The summed E-state index contributed by atoms with van der Waals surface area (Å²) in [6.07, 6.45) is 0. The summed E-state index contributed by atoms with van der Waals surface area (Å²) in [6, 6.07) is 7.97. The number of nitro benzene ring substituents is 1. The number of fused-ring (bicyclic) bond motifs is 1. The lowest BCUT2D eigenvalue weighted by atomic mass is 9.97. The highest BCUT2D eigenvalue weighted by molar-refractivity contribution is 9.10. The second-order valence-electron chi connectivity index (χ2n) is 5.68. The molecule has 0 aliphatic heterocycles. The molecule has 0 aliphatic rings. The van der Waals surface area contributed by atoms with Gasteiger partial charge in [-0.3, -0.25) is 14.9 Å². The van der Waals surface area contributed by atoms with Crippen molar-refractivity contribution < 1.29 is 14.5 Å². The zero-order valence-electron chi connectivity index (χ0n) is 11.8. The Balaban J connectivity index is 2.52. The molecule has 0 unspecified atom stereocenters. The van der Waals surface area contributed by atoms with Gasteiger partial charge in [0.2, 0.25) is 0 Å². The Morgan fingerprint density at radius 1 is 1.29 bits per heavy atom. The molecule has 0 saturated heterocycles. The van der Waals surface area contributed by atoms with Gasteiger partial charge in [0.15, 0.2) is 0 Å². The highest BCUT2D eigenvalue weighted by Gasteiger charge is 2.24. The first-order chi connectivity index (χ1) is 9.70. The third kappa shape index (κ3) is 3.21. The van der Waals surface area contributed by atoms with Crippen LogP contribution in [0.1, 0.15) is 20.8 Å². The average molecular weight is 352 g/mol. The Bertz CT molecular complexity index is 734. The molecule has 0 heterocycles. The van der Waals surface area contributed by atoms with Crippen LogP contribution in [0.2, 0.25) is 0 Å². The molecule has 0 aliphatic carbocycles. The second-order valence-corrected chi connectivity index (χ2v) is 6.53. The van der Waals surface area contributed by atoms with E-state index < -0.39 is 10.3 Å². The molecule has 0 bridgehead atoms. The summed E-state index contributed by atoms with van der Waals surface area (Å²) in [4.78, 5) is 22.5. The molecule has 6 heteroatoms. The molecule has 0 radical (unpaired) electrons. The number of esters is 1. The molecule has 0 aromatic heterocycles. The molecule has 21 heavy (non-hydrogen) atoms. The summed E-state index contributed by atoms with van der Waals surface area (Å²) < 4.78 is 5.85. The van der Waals surface area contributed by atoms with Gasteiger partial charge in [-0.1, -0.05) is 12.1 Å². The van der Waals surface area contributed by atoms with E-state index in [4.69, 9.17) is 4.74 Å². The van der Waals surface area contributed by atoms with E-state index in [0.717, 1.165) is 0 Å². The van der Waals surface area contributed by atoms with Gasteiger partial charge < -0.3 is 4.74 Å². The van der Waals surface area contributed by atoms with Crippen LogP contribution in [-0.4, -0.2) is 10.9 Å². The average Bonchev–Trinajstić information content (AvgIpc) is 2.36. The molecule has 0 saturated carbocycles. The third-order valence-electron chi connectivity index (χ3n) is 2.90. The highest BCUT2D eigenvalue weighted by atomic mass is 79.9. The van der Waals surface area contributed by atoms with Crippen LogP contribution in [0.15, 0.2) is 34.8 Å². The van der Waals surface area contributed by atoms with Crippen LogP contribution in [0.4, 0.5) is 5.69 Å². The molecular weight excluding hydrogens is 338 g/mol. The summed E-state index contributed by atoms with van der Waals surface area (Å²) in [7, 11) is 0. The minimum atomic E-state index is -0.621. The molecule has 0 N–H and O–H groups in total. The van der Waals surface area contributed by atoms with Gasteiger partial charge in [-0.15, -0.1) is 0 Å². The second kappa shape index (κ2) is 5.44. The monoisotopic (exact) mass is 351 g/mol. The minimum absolute atomic E-state index is 0.00747. The maximum absolute atomic E-state index is 11.9. The van der Waals surface area contributed by atoms with Crippen LogP contribution >= 0.6 is 15.9 Å².